The van der Waals surface area contributed by atoms with Gasteiger partial charge in [-0.25, -0.2) is 0 Å². The largest absolute Gasteiger partial charge is 0.489 e. The van der Waals surface area contributed by atoms with Gasteiger partial charge in [0.05, 0.1) is 6.54 Å². The van der Waals surface area contributed by atoms with Crippen LogP contribution in [-0.4, -0.2) is 57.1 Å². The number of nitrogens with one attached hydrogen (secondary N) is 2. The number of aryl methyl sites for hydroxylation is 1. The van der Waals surface area contributed by atoms with Gasteiger partial charge in [-0.05, 0) is 25.5 Å². The summed E-state index contributed by atoms with van der Waals surface area (Å²) >= 11 is 0. The van der Waals surface area contributed by atoms with E-state index in [0.29, 0.717) is 25.5 Å². The number of para-hydroxylation sites is 1. The number of ether oxygens (including phenoxy) is 1. The summed E-state index contributed by atoms with van der Waals surface area (Å²) in [7, 11) is 5.20. The van der Waals surface area contributed by atoms with Gasteiger partial charge in [-0.15, -0.1) is 0 Å². The maximum absolute atomic E-state index is 11.5. The van der Waals surface area contributed by atoms with E-state index in [9.17, 15) is 4.79 Å². The summed E-state index contributed by atoms with van der Waals surface area (Å²) in [5.74, 6) is 1.64. The van der Waals surface area contributed by atoms with Crippen LogP contribution >= 0.6 is 0 Å². The van der Waals surface area contributed by atoms with E-state index in [1.165, 1.54) is 0 Å². The average molecular weight is 320 g/mol. The van der Waals surface area contributed by atoms with Crippen LogP contribution in [0.4, 0.5) is 0 Å². The molecular weight excluding hydrogens is 292 g/mol. The van der Waals surface area contributed by atoms with Gasteiger partial charge in [0.25, 0.3) is 0 Å². The number of hydrogen-bond donors (Lipinski definition) is 2. The van der Waals surface area contributed by atoms with E-state index in [1.807, 2.05) is 38.1 Å². The van der Waals surface area contributed by atoms with Crippen molar-refractivity contribution in [1.82, 2.24) is 15.5 Å². The quantitative estimate of drug-likeness (QED) is 0.589. The van der Waals surface area contributed by atoms with Crippen molar-refractivity contribution < 1.29 is 9.53 Å². The van der Waals surface area contributed by atoms with Gasteiger partial charge < -0.3 is 20.3 Å². The molecule has 0 heterocycles. The minimum Gasteiger partial charge on any atom is -0.489 e. The molecule has 0 saturated heterocycles. The monoisotopic (exact) mass is 320 g/mol. The number of rotatable bonds is 7. The number of benzene rings is 1. The van der Waals surface area contributed by atoms with Crippen molar-refractivity contribution in [2.75, 3.05) is 34.2 Å². The Bertz CT molecular complexity index is 529. The van der Waals surface area contributed by atoms with Crippen LogP contribution in [0.2, 0.25) is 0 Å². The van der Waals surface area contributed by atoms with Crippen LogP contribution in [0.5, 0.6) is 5.75 Å². The smallest absolute Gasteiger partial charge is 0.223 e. The second-order valence-electron chi connectivity index (χ2n) is 5.61. The molecule has 6 heteroatoms. The van der Waals surface area contributed by atoms with E-state index in [2.05, 4.69) is 15.6 Å². The lowest BCUT2D eigenvalue weighted by molar-refractivity contribution is -0.128. The summed E-state index contributed by atoms with van der Waals surface area (Å²) in [6, 6.07) is 7.94. The van der Waals surface area contributed by atoms with Gasteiger partial charge in [0.2, 0.25) is 5.91 Å². The van der Waals surface area contributed by atoms with Gasteiger partial charge in [-0.2, -0.15) is 0 Å². The molecule has 6 nitrogen and oxygen atoms in total. The van der Waals surface area contributed by atoms with E-state index in [-0.39, 0.29) is 12.0 Å². The highest BCUT2D eigenvalue weighted by atomic mass is 16.5. The van der Waals surface area contributed by atoms with Gasteiger partial charge in [0.15, 0.2) is 5.96 Å². The molecule has 0 radical (unpaired) electrons. The molecule has 0 aliphatic rings. The predicted octanol–water partition coefficient (Wildman–Crippen LogP) is 1.41. The van der Waals surface area contributed by atoms with E-state index < -0.39 is 0 Å². The topological polar surface area (TPSA) is 66.0 Å². The van der Waals surface area contributed by atoms with E-state index in [0.717, 1.165) is 11.3 Å². The molecule has 0 bridgehead atoms. The molecule has 1 amide bonds. The van der Waals surface area contributed by atoms with Crippen molar-refractivity contribution >= 4 is 11.9 Å². The third-order valence-corrected chi connectivity index (χ3v) is 3.33. The van der Waals surface area contributed by atoms with Crippen LogP contribution in [-0.2, 0) is 4.79 Å². The molecule has 0 fully saturated rings. The minimum atomic E-state index is -0.00180. The first-order valence-electron chi connectivity index (χ1n) is 7.81. The molecule has 1 aromatic carbocycles. The Labute approximate surface area is 138 Å². The summed E-state index contributed by atoms with van der Waals surface area (Å²) < 4.78 is 5.91. The molecule has 128 valence electrons. The second kappa shape index (κ2) is 9.71. The fourth-order valence-corrected chi connectivity index (χ4v) is 1.92. The zero-order valence-corrected chi connectivity index (χ0v) is 14.7. The first-order valence-corrected chi connectivity index (χ1v) is 7.81. The normalized spacial score (nSPS) is 12.5. The van der Waals surface area contributed by atoms with Gasteiger partial charge in [0, 0.05) is 34.1 Å². The summed E-state index contributed by atoms with van der Waals surface area (Å²) in [6.45, 7) is 5.19. The van der Waals surface area contributed by atoms with Crippen molar-refractivity contribution in [3.05, 3.63) is 29.8 Å². The Morgan fingerprint density at radius 2 is 2.00 bits per heavy atom. The van der Waals surface area contributed by atoms with Crippen LogP contribution in [0, 0.1) is 6.92 Å². The van der Waals surface area contributed by atoms with Gasteiger partial charge >= 0.3 is 0 Å². The highest BCUT2D eigenvalue weighted by Gasteiger charge is 2.08. The average Bonchev–Trinajstić information content (AvgIpc) is 2.52. The Balaban J connectivity index is 2.34. The van der Waals surface area contributed by atoms with Crippen LogP contribution in [0.25, 0.3) is 0 Å². The third-order valence-electron chi connectivity index (χ3n) is 3.33. The van der Waals surface area contributed by atoms with Crippen molar-refractivity contribution in [1.29, 1.82) is 0 Å². The van der Waals surface area contributed by atoms with E-state index >= 15 is 0 Å². The second-order valence-corrected chi connectivity index (χ2v) is 5.61. The van der Waals surface area contributed by atoms with Gasteiger partial charge in [-0.3, -0.25) is 9.79 Å². The number of guanidine groups is 1. The first kappa shape index (κ1) is 18.8. The SMILES string of the molecule is CN=C(NCCC(=O)N(C)C)NCC(C)Oc1ccccc1C. The molecule has 1 aromatic rings. The summed E-state index contributed by atoms with van der Waals surface area (Å²) in [5.41, 5.74) is 1.11. The minimum absolute atomic E-state index is 0.00180. The maximum Gasteiger partial charge on any atom is 0.223 e. The number of aliphatic imine (C=N–C) groups is 1. The molecule has 1 atom stereocenters. The van der Waals surface area contributed by atoms with Crippen molar-refractivity contribution in [2.24, 2.45) is 4.99 Å². The molecule has 0 aliphatic carbocycles. The van der Waals surface area contributed by atoms with Crippen LogP contribution in [0.3, 0.4) is 0 Å². The Morgan fingerprint density at radius 1 is 1.30 bits per heavy atom. The fraction of sp³-hybridized carbons (Fsp3) is 0.529. The molecule has 1 unspecified atom stereocenters. The standard InChI is InChI=1S/C17H28N4O2/c1-13-8-6-7-9-15(13)23-14(2)12-20-17(18-3)19-11-10-16(22)21(4)5/h6-9,14H,10-12H2,1-5H3,(H2,18,19,20). The van der Waals surface area contributed by atoms with Crippen molar-refractivity contribution in [2.45, 2.75) is 26.4 Å². The predicted molar refractivity (Wildman–Crippen MR) is 93.9 cm³/mol. The van der Waals surface area contributed by atoms with Gasteiger partial charge in [-0.1, -0.05) is 18.2 Å². The third kappa shape index (κ3) is 7.04. The van der Waals surface area contributed by atoms with E-state index in [4.69, 9.17) is 4.74 Å². The molecule has 2 N–H and O–H groups in total. The Hall–Kier alpha value is -2.24. The highest BCUT2D eigenvalue weighted by molar-refractivity contribution is 5.81. The number of carbonyl (C=O) groups is 1. The van der Waals surface area contributed by atoms with Crippen LogP contribution in [0.1, 0.15) is 18.9 Å². The summed E-state index contributed by atoms with van der Waals surface area (Å²) in [4.78, 5) is 17.2. The molecule has 0 aromatic heterocycles. The Morgan fingerprint density at radius 3 is 2.61 bits per heavy atom. The van der Waals surface area contributed by atoms with Gasteiger partial charge in [0.1, 0.15) is 11.9 Å². The maximum atomic E-state index is 11.5. The molecule has 23 heavy (non-hydrogen) atoms. The molecule has 0 saturated carbocycles. The lowest BCUT2D eigenvalue weighted by Crippen LogP contribution is -2.42. The lowest BCUT2D eigenvalue weighted by Gasteiger charge is -2.19. The molecule has 0 spiro atoms. The van der Waals surface area contributed by atoms with Crippen LogP contribution in [0.15, 0.2) is 29.3 Å². The number of nitrogens with zero attached hydrogens (tertiary/aromatic N) is 2. The number of hydrogen-bond acceptors (Lipinski definition) is 3. The van der Waals surface area contributed by atoms with Crippen LogP contribution < -0.4 is 15.4 Å². The number of amides is 1. The number of carbonyl (C=O) groups excluding carboxylic acids is 1. The molecule has 1 rings (SSSR count). The van der Waals surface area contributed by atoms with Crippen molar-refractivity contribution in [3.8, 4) is 5.75 Å². The zero-order valence-electron chi connectivity index (χ0n) is 14.7. The summed E-state index contributed by atoms with van der Waals surface area (Å²) in [5, 5.41) is 6.32. The van der Waals surface area contributed by atoms with Crippen molar-refractivity contribution in [3.63, 3.8) is 0 Å². The fourth-order valence-electron chi connectivity index (χ4n) is 1.92. The molecular formula is C17H28N4O2. The zero-order chi connectivity index (χ0) is 17.2. The Kier molecular flexibility index (Phi) is 7.94. The first-order chi connectivity index (χ1) is 10.9. The summed E-state index contributed by atoms with van der Waals surface area (Å²) in [6.07, 6.45) is 0.432. The van der Waals surface area contributed by atoms with E-state index in [1.54, 1.807) is 26.0 Å². The molecule has 0 aliphatic heterocycles. The highest BCUT2D eigenvalue weighted by Crippen LogP contribution is 2.17. The lowest BCUT2D eigenvalue weighted by atomic mass is 10.2.